The largest absolute Gasteiger partial charge is 0.311 e. The maximum Gasteiger partial charge on any atom is 0.0648 e. The lowest BCUT2D eigenvalue weighted by Crippen LogP contribution is -2.23. The molecule has 2 aromatic rings. The standard InChI is InChI=1S/C17H23N3S/c1-13-17(12-18-11-16-9-6-10-21-16)14(2)20(19-13)15-7-4-3-5-8-15/h3-5,7-8,16,18H,6,9-12H2,1-2H3. The van der Waals surface area contributed by atoms with Crippen LogP contribution in [0.15, 0.2) is 30.3 Å². The van der Waals surface area contributed by atoms with Crippen molar-refractivity contribution in [3.05, 3.63) is 47.3 Å². The van der Waals surface area contributed by atoms with Crippen LogP contribution in [-0.4, -0.2) is 27.3 Å². The van der Waals surface area contributed by atoms with Crippen LogP contribution in [0.25, 0.3) is 5.69 Å². The Morgan fingerprint density at radius 1 is 1.29 bits per heavy atom. The second-order valence-electron chi connectivity index (χ2n) is 5.66. The number of thioether (sulfide) groups is 1. The molecule has 4 heteroatoms. The van der Waals surface area contributed by atoms with Gasteiger partial charge in [0, 0.05) is 29.6 Å². The van der Waals surface area contributed by atoms with E-state index < -0.39 is 0 Å². The first-order valence-corrected chi connectivity index (χ1v) is 8.73. The van der Waals surface area contributed by atoms with E-state index in [0.717, 1.165) is 29.7 Å². The van der Waals surface area contributed by atoms with E-state index in [1.165, 1.54) is 29.9 Å². The van der Waals surface area contributed by atoms with Crippen LogP contribution in [0.4, 0.5) is 0 Å². The van der Waals surface area contributed by atoms with Crippen LogP contribution in [0.5, 0.6) is 0 Å². The fourth-order valence-electron chi connectivity index (χ4n) is 2.91. The van der Waals surface area contributed by atoms with Gasteiger partial charge in [-0.05, 0) is 44.6 Å². The second kappa shape index (κ2) is 6.67. The van der Waals surface area contributed by atoms with Crippen molar-refractivity contribution in [2.24, 2.45) is 0 Å². The third kappa shape index (κ3) is 3.33. The van der Waals surface area contributed by atoms with Gasteiger partial charge in [0.15, 0.2) is 0 Å². The van der Waals surface area contributed by atoms with Crippen LogP contribution in [0.3, 0.4) is 0 Å². The first kappa shape index (κ1) is 14.7. The van der Waals surface area contributed by atoms with Crippen LogP contribution in [-0.2, 0) is 6.54 Å². The molecular weight excluding hydrogens is 278 g/mol. The number of para-hydroxylation sites is 1. The van der Waals surface area contributed by atoms with Gasteiger partial charge in [0.05, 0.1) is 11.4 Å². The molecular formula is C17H23N3S. The van der Waals surface area contributed by atoms with Crippen molar-refractivity contribution in [3.63, 3.8) is 0 Å². The lowest BCUT2D eigenvalue weighted by atomic mass is 10.2. The fraction of sp³-hybridized carbons (Fsp3) is 0.471. The Labute approximate surface area is 131 Å². The van der Waals surface area contributed by atoms with E-state index in [4.69, 9.17) is 5.10 Å². The number of aromatic nitrogens is 2. The summed E-state index contributed by atoms with van der Waals surface area (Å²) in [5, 5.41) is 9.12. The Morgan fingerprint density at radius 2 is 2.10 bits per heavy atom. The molecule has 1 atom stereocenters. The summed E-state index contributed by atoms with van der Waals surface area (Å²) < 4.78 is 2.05. The molecule has 21 heavy (non-hydrogen) atoms. The summed E-state index contributed by atoms with van der Waals surface area (Å²) >= 11 is 2.10. The first-order chi connectivity index (χ1) is 10.3. The SMILES string of the molecule is Cc1nn(-c2ccccc2)c(C)c1CNCC1CCCS1. The fourth-order valence-corrected chi connectivity index (χ4v) is 4.15. The molecule has 0 aliphatic carbocycles. The quantitative estimate of drug-likeness (QED) is 0.917. The van der Waals surface area contributed by atoms with Gasteiger partial charge >= 0.3 is 0 Å². The van der Waals surface area contributed by atoms with Gasteiger partial charge in [0.1, 0.15) is 0 Å². The average Bonchev–Trinajstić information content (AvgIpc) is 3.11. The lowest BCUT2D eigenvalue weighted by molar-refractivity contribution is 0.642. The number of benzene rings is 1. The highest BCUT2D eigenvalue weighted by Gasteiger charge is 2.16. The molecule has 0 saturated carbocycles. The molecule has 2 heterocycles. The van der Waals surface area contributed by atoms with Crippen molar-refractivity contribution in [3.8, 4) is 5.69 Å². The van der Waals surface area contributed by atoms with E-state index in [1.54, 1.807) is 0 Å². The average molecular weight is 301 g/mol. The summed E-state index contributed by atoms with van der Waals surface area (Å²) in [6, 6.07) is 10.4. The third-order valence-electron chi connectivity index (χ3n) is 4.14. The molecule has 0 radical (unpaired) electrons. The van der Waals surface area contributed by atoms with E-state index in [2.05, 4.69) is 59.9 Å². The van der Waals surface area contributed by atoms with E-state index in [0.29, 0.717) is 0 Å². The normalized spacial score (nSPS) is 18.3. The zero-order chi connectivity index (χ0) is 14.7. The summed E-state index contributed by atoms with van der Waals surface area (Å²) in [4.78, 5) is 0. The zero-order valence-corrected chi connectivity index (χ0v) is 13.6. The van der Waals surface area contributed by atoms with Crippen molar-refractivity contribution in [1.29, 1.82) is 0 Å². The topological polar surface area (TPSA) is 29.9 Å². The Morgan fingerprint density at radius 3 is 2.81 bits per heavy atom. The number of hydrogen-bond acceptors (Lipinski definition) is 3. The number of nitrogens with one attached hydrogen (secondary N) is 1. The molecule has 0 bridgehead atoms. The maximum absolute atomic E-state index is 4.70. The van der Waals surface area contributed by atoms with Gasteiger partial charge in [-0.25, -0.2) is 4.68 Å². The number of nitrogens with zero attached hydrogens (tertiary/aromatic N) is 2. The number of hydrogen-bond donors (Lipinski definition) is 1. The van der Waals surface area contributed by atoms with E-state index >= 15 is 0 Å². The molecule has 0 spiro atoms. The highest BCUT2D eigenvalue weighted by molar-refractivity contribution is 8.00. The predicted molar refractivity (Wildman–Crippen MR) is 90.2 cm³/mol. The highest BCUT2D eigenvalue weighted by Crippen LogP contribution is 2.25. The number of aryl methyl sites for hydroxylation is 1. The van der Waals surface area contributed by atoms with Crippen molar-refractivity contribution < 1.29 is 0 Å². The molecule has 1 aliphatic heterocycles. The van der Waals surface area contributed by atoms with E-state index in [9.17, 15) is 0 Å². The minimum absolute atomic E-state index is 0.801. The second-order valence-corrected chi connectivity index (χ2v) is 7.07. The molecule has 3 nitrogen and oxygen atoms in total. The van der Waals surface area contributed by atoms with Crippen molar-refractivity contribution in [1.82, 2.24) is 15.1 Å². The molecule has 1 aliphatic rings. The molecule has 1 saturated heterocycles. The minimum atomic E-state index is 0.801. The van der Waals surface area contributed by atoms with Crippen molar-refractivity contribution >= 4 is 11.8 Å². The van der Waals surface area contributed by atoms with Gasteiger partial charge in [-0.2, -0.15) is 16.9 Å². The molecule has 1 aromatic heterocycles. The maximum atomic E-state index is 4.70. The molecule has 1 unspecified atom stereocenters. The van der Waals surface area contributed by atoms with Gasteiger partial charge in [-0.3, -0.25) is 0 Å². The molecule has 3 rings (SSSR count). The predicted octanol–water partition coefficient (Wildman–Crippen LogP) is 3.47. The summed E-state index contributed by atoms with van der Waals surface area (Å²) in [6.07, 6.45) is 2.74. The monoisotopic (exact) mass is 301 g/mol. The molecule has 0 amide bonds. The summed E-state index contributed by atoms with van der Waals surface area (Å²) in [7, 11) is 0. The van der Waals surface area contributed by atoms with Crippen LogP contribution in [0.2, 0.25) is 0 Å². The van der Waals surface area contributed by atoms with Gasteiger partial charge in [0.25, 0.3) is 0 Å². The highest BCUT2D eigenvalue weighted by atomic mass is 32.2. The summed E-state index contributed by atoms with van der Waals surface area (Å²) in [5.41, 5.74) is 4.84. The number of rotatable bonds is 5. The van der Waals surface area contributed by atoms with Crippen LogP contribution in [0.1, 0.15) is 29.8 Å². The van der Waals surface area contributed by atoms with Gasteiger partial charge in [-0.15, -0.1) is 0 Å². The van der Waals surface area contributed by atoms with E-state index in [1.807, 2.05) is 6.07 Å². The molecule has 1 fully saturated rings. The Balaban J connectivity index is 1.69. The first-order valence-electron chi connectivity index (χ1n) is 7.68. The minimum Gasteiger partial charge on any atom is -0.311 e. The summed E-state index contributed by atoms with van der Waals surface area (Å²) in [6.45, 7) is 6.30. The lowest BCUT2D eigenvalue weighted by Gasteiger charge is -2.10. The van der Waals surface area contributed by atoms with Crippen molar-refractivity contribution in [2.75, 3.05) is 12.3 Å². The molecule has 1 aromatic carbocycles. The van der Waals surface area contributed by atoms with Crippen LogP contribution < -0.4 is 5.32 Å². The van der Waals surface area contributed by atoms with Gasteiger partial charge < -0.3 is 5.32 Å². The van der Waals surface area contributed by atoms with Gasteiger partial charge in [0.2, 0.25) is 0 Å². The smallest absolute Gasteiger partial charge is 0.0648 e. The van der Waals surface area contributed by atoms with E-state index in [-0.39, 0.29) is 0 Å². The van der Waals surface area contributed by atoms with Gasteiger partial charge in [-0.1, -0.05) is 18.2 Å². The van der Waals surface area contributed by atoms with Crippen molar-refractivity contribution in [2.45, 2.75) is 38.5 Å². The van der Waals surface area contributed by atoms with Crippen LogP contribution >= 0.6 is 11.8 Å². The molecule has 112 valence electrons. The zero-order valence-electron chi connectivity index (χ0n) is 12.8. The third-order valence-corrected chi connectivity index (χ3v) is 5.54. The Hall–Kier alpha value is -1.26. The molecule has 1 N–H and O–H groups in total. The Kier molecular flexibility index (Phi) is 4.66. The summed E-state index contributed by atoms with van der Waals surface area (Å²) in [5.74, 6) is 1.33. The Bertz CT molecular complexity index is 586. The van der Waals surface area contributed by atoms with Crippen LogP contribution in [0, 0.1) is 13.8 Å².